The highest BCUT2D eigenvalue weighted by Crippen LogP contribution is 2.18. The number of carbonyl (C=O) groups is 1. The smallest absolute Gasteiger partial charge is 0.254 e. The number of hydrogen-bond acceptors (Lipinski definition) is 4. The average Bonchev–Trinajstić information content (AvgIpc) is 2.87. The van der Waals surface area contributed by atoms with Crippen LogP contribution < -0.4 is 0 Å². The predicted molar refractivity (Wildman–Crippen MR) is 74.0 cm³/mol. The first kappa shape index (κ1) is 12.5. The zero-order chi connectivity index (χ0) is 12.4. The van der Waals surface area contributed by atoms with Crippen LogP contribution >= 0.6 is 33.9 Å². The highest BCUT2D eigenvalue weighted by molar-refractivity contribution is 14.1. The van der Waals surface area contributed by atoms with Gasteiger partial charge >= 0.3 is 0 Å². The SMILES string of the molecule is Cc1nc(CN(C)C(=O)c2csc(I)c2)n[nH]1. The van der Waals surface area contributed by atoms with Crippen LogP contribution in [0.5, 0.6) is 0 Å². The molecule has 0 bridgehead atoms. The minimum absolute atomic E-state index is 0.00776. The first-order chi connectivity index (χ1) is 8.06. The quantitative estimate of drug-likeness (QED) is 0.851. The van der Waals surface area contributed by atoms with Gasteiger partial charge in [-0.25, -0.2) is 4.98 Å². The molecule has 1 amide bonds. The molecule has 0 radical (unpaired) electrons. The van der Waals surface area contributed by atoms with Gasteiger partial charge in [-0.3, -0.25) is 9.89 Å². The molecule has 0 atom stereocenters. The van der Waals surface area contributed by atoms with Crippen molar-refractivity contribution in [3.05, 3.63) is 31.5 Å². The Kier molecular flexibility index (Phi) is 3.77. The lowest BCUT2D eigenvalue weighted by Gasteiger charge is -2.13. The van der Waals surface area contributed by atoms with Crippen molar-refractivity contribution in [2.75, 3.05) is 7.05 Å². The van der Waals surface area contributed by atoms with Crippen LogP contribution in [-0.4, -0.2) is 33.0 Å². The number of nitrogens with one attached hydrogen (secondary N) is 1. The topological polar surface area (TPSA) is 61.9 Å². The van der Waals surface area contributed by atoms with E-state index in [1.54, 1.807) is 23.3 Å². The number of aryl methyl sites for hydroxylation is 1. The monoisotopic (exact) mass is 362 g/mol. The van der Waals surface area contributed by atoms with Gasteiger partial charge in [0.25, 0.3) is 5.91 Å². The molecular weight excluding hydrogens is 351 g/mol. The van der Waals surface area contributed by atoms with Crippen molar-refractivity contribution < 1.29 is 4.79 Å². The van der Waals surface area contributed by atoms with E-state index in [4.69, 9.17) is 0 Å². The molecule has 7 heteroatoms. The first-order valence-electron chi connectivity index (χ1n) is 4.93. The van der Waals surface area contributed by atoms with Crippen molar-refractivity contribution in [3.63, 3.8) is 0 Å². The second-order valence-electron chi connectivity index (χ2n) is 3.64. The molecule has 0 aromatic carbocycles. The Balaban J connectivity index is 2.05. The molecule has 0 unspecified atom stereocenters. The van der Waals surface area contributed by atoms with E-state index in [2.05, 4.69) is 37.8 Å². The number of rotatable bonds is 3. The third kappa shape index (κ3) is 3.03. The molecule has 0 spiro atoms. The Morgan fingerprint density at radius 1 is 1.65 bits per heavy atom. The molecule has 5 nitrogen and oxygen atoms in total. The average molecular weight is 362 g/mol. The van der Waals surface area contributed by atoms with Crippen molar-refractivity contribution in [1.29, 1.82) is 0 Å². The van der Waals surface area contributed by atoms with Crippen LogP contribution in [0.15, 0.2) is 11.4 Å². The molecular formula is C10H11IN4OS. The van der Waals surface area contributed by atoms with Gasteiger partial charge < -0.3 is 4.90 Å². The number of carbonyl (C=O) groups excluding carboxylic acids is 1. The summed E-state index contributed by atoms with van der Waals surface area (Å²) in [7, 11) is 1.75. The van der Waals surface area contributed by atoms with E-state index >= 15 is 0 Å². The van der Waals surface area contributed by atoms with Crippen LogP contribution in [0, 0.1) is 9.81 Å². The molecule has 0 saturated heterocycles. The summed E-state index contributed by atoms with van der Waals surface area (Å²) in [5.41, 5.74) is 0.717. The van der Waals surface area contributed by atoms with Crippen LogP contribution in [0.2, 0.25) is 0 Å². The summed E-state index contributed by atoms with van der Waals surface area (Å²) in [6.45, 7) is 2.25. The molecule has 0 aliphatic carbocycles. The van der Waals surface area contributed by atoms with Gasteiger partial charge in [0.05, 0.1) is 15.0 Å². The molecule has 0 aliphatic heterocycles. The molecule has 0 saturated carbocycles. The van der Waals surface area contributed by atoms with Crippen LogP contribution in [-0.2, 0) is 6.54 Å². The summed E-state index contributed by atoms with van der Waals surface area (Å²) < 4.78 is 1.10. The van der Waals surface area contributed by atoms with Crippen LogP contribution in [0.3, 0.4) is 0 Å². The Morgan fingerprint density at radius 2 is 2.41 bits per heavy atom. The van der Waals surface area contributed by atoms with Gasteiger partial charge in [-0.05, 0) is 35.6 Å². The molecule has 2 aromatic heterocycles. The van der Waals surface area contributed by atoms with E-state index in [9.17, 15) is 4.79 Å². The molecule has 90 valence electrons. The van der Waals surface area contributed by atoms with Crippen LogP contribution in [0.4, 0.5) is 0 Å². The van der Waals surface area contributed by atoms with Gasteiger partial charge in [-0.2, -0.15) is 5.10 Å². The zero-order valence-electron chi connectivity index (χ0n) is 9.40. The van der Waals surface area contributed by atoms with Crippen molar-refractivity contribution in [3.8, 4) is 0 Å². The number of aromatic amines is 1. The van der Waals surface area contributed by atoms with Gasteiger partial charge in [0.15, 0.2) is 5.82 Å². The normalized spacial score (nSPS) is 10.5. The molecule has 2 heterocycles. The summed E-state index contributed by atoms with van der Waals surface area (Å²) in [6, 6.07) is 1.88. The van der Waals surface area contributed by atoms with E-state index in [1.807, 2.05) is 18.4 Å². The zero-order valence-corrected chi connectivity index (χ0v) is 12.4. The van der Waals surface area contributed by atoms with Crippen molar-refractivity contribution in [1.82, 2.24) is 20.1 Å². The molecule has 0 fully saturated rings. The maximum absolute atomic E-state index is 12.0. The van der Waals surface area contributed by atoms with E-state index in [0.717, 1.165) is 8.71 Å². The number of aromatic nitrogens is 3. The van der Waals surface area contributed by atoms with Gasteiger partial charge in [0.1, 0.15) is 5.82 Å². The lowest BCUT2D eigenvalue weighted by molar-refractivity contribution is 0.0782. The molecule has 2 aromatic rings. The fraction of sp³-hybridized carbons (Fsp3) is 0.300. The standard InChI is InChI=1S/C10H11IN4OS/c1-6-12-9(14-13-6)4-15(2)10(16)7-3-8(11)17-5-7/h3,5H,4H2,1-2H3,(H,12,13,14). The summed E-state index contributed by atoms with van der Waals surface area (Å²) in [5, 5.41) is 8.63. The summed E-state index contributed by atoms with van der Waals surface area (Å²) in [5.74, 6) is 1.38. The molecule has 0 aliphatic rings. The lowest BCUT2D eigenvalue weighted by atomic mass is 10.3. The minimum atomic E-state index is -0.00776. The highest BCUT2D eigenvalue weighted by atomic mass is 127. The largest absolute Gasteiger partial charge is 0.334 e. The number of amides is 1. The van der Waals surface area contributed by atoms with E-state index in [1.165, 1.54) is 0 Å². The summed E-state index contributed by atoms with van der Waals surface area (Å²) in [6.07, 6.45) is 0. The maximum Gasteiger partial charge on any atom is 0.254 e. The van der Waals surface area contributed by atoms with Gasteiger partial charge in [0.2, 0.25) is 0 Å². The van der Waals surface area contributed by atoms with Crippen molar-refractivity contribution in [2.45, 2.75) is 13.5 Å². The van der Waals surface area contributed by atoms with E-state index < -0.39 is 0 Å². The number of H-pyrrole nitrogens is 1. The minimum Gasteiger partial charge on any atom is -0.334 e. The van der Waals surface area contributed by atoms with Gasteiger partial charge in [0, 0.05) is 12.4 Å². The maximum atomic E-state index is 12.0. The second-order valence-corrected chi connectivity index (χ2v) is 6.44. The van der Waals surface area contributed by atoms with Gasteiger partial charge in [-0.1, -0.05) is 0 Å². The Hall–Kier alpha value is -0.960. The molecule has 2 rings (SSSR count). The molecule has 17 heavy (non-hydrogen) atoms. The first-order valence-corrected chi connectivity index (χ1v) is 6.89. The fourth-order valence-corrected chi connectivity index (χ4v) is 2.71. The molecule has 1 N–H and O–H groups in total. The van der Waals surface area contributed by atoms with Gasteiger partial charge in [-0.15, -0.1) is 11.3 Å². The Labute approximate surface area is 116 Å². The number of thiophene rings is 1. The summed E-state index contributed by atoms with van der Waals surface area (Å²) >= 11 is 3.76. The number of hydrogen-bond donors (Lipinski definition) is 1. The predicted octanol–water partition coefficient (Wildman–Crippen LogP) is 2.05. The third-order valence-corrected chi connectivity index (χ3v) is 3.97. The highest BCUT2D eigenvalue weighted by Gasteiger charge is 2.15. The number of nitrogens with zero attached hydrogens (tertiary/aromatic N) is 3. The fourth-order valence-electron chi connectivity index (χ4n) is 1.39. The lowest BCUT2D eigenvalue weighted by Crippen LogP contribution is -2.26. The van der Waals surface area contributed by atoms with Crippen LogP contribution in [0.1, 0.15) is 22.0 Å². The second kappa shape index (κ2) is 5.13. The van der Waals surface area contributed by atoms with E-state index in [-0.39, 0.29) is 5.91 Å². The summed E-state index contributed by atoms with van der Waals surface area (Å²) in [4.78, 5) is 17.8. The van der Waals surface area contributed by atoms with Crippen molar-refractivity contribution >= 4 is 39.8 Å². The number of halogens is 1. The van der Waals surface area contributed by atoms with Crippen LogP contribution in [0.25, 0.3) is 0 Å². The Bertz CT molecular complexity index is 536. The Morgan fingerprint density at radius 3 is 2.94 bits per heavy atom. The van der Waals surface area contributed by atoms with E-state index in [0.29, 0.717) is 17.9 Å². The third-order valence-electron chi connectivity index (χ3n) is 2.18. The van der Waals surface area contributed by atoms with Crippen molar-refractivity contribution in [2.24, 2.45) is 0 Å².